The number of thiol groups is 1. The molecule has 0 aliphatic carbocycles. The number of halogens is 1. The van der Waals surface area contributed by atoms with E-state index >= 15 is 0 Å². The highest BCUT2D eigenvalue weighted by Crippen LogP contribution is 2.19. The molecule has 2 rings (SSSR count). The van der Waals surface area contributed by atoms with Crippen LogP contribution in [0.3, 0.4) is 0 Å². The van der Waals surface area contributed by atoms with Crippen LogP contribution in [0.25, 0.3) is 0 Å². The second-order valence-corrected chi connectivity index (χ2v) is 5.34. The van der Waals surface area contributed by atoms with Crippen molar-refractivity contribution in [2.75, 3.05) is 0 Å². The van der Waals surface area contributed by atoms with Crippen LogP contribution in [0.1, 0.15) is 28.2 Å². The smallest absolute Gasteiger partial charge is 0.251 e. The lowest BCUT2D eigenvalue weighted by Gasteiger charge is -2.12. The maximum atomic E-state index is 13.0. The van der Waals surface area contributed by atoms with Gasteiger partial charge in [0.25, 0.3) is 5.91 Å². The van der Waals surface area contributed by atoms with E-state index in [-0.39, 0.29) is 16.8 Å². The van der Waals surface area contributed by atoms with Gasteiger partial charge in [0.1, 0.15) is 5.82 Å². The Labute approximate surface area is 114 Å². The van der Waals surface area contributed by atoms with E-state index in [0.29, 0.717) is 5.56 Å². The molecule has 0 saturated carbocycles. The maximum Gasteiger partial charge on any atom is 0.251 e. The monoisotopic (exact) mass is 281 g/mol. The standard InChI is InChI=1S/C13H12FNOS2/c1-8(12-3-2-6-18-12)15-13(16)9-4-5-10(14)11(17)7-9/h2-8,17H,1H3,(H,15,16). The Bertz CT molecular complexity index is 554. The molecular formula is C13H12FNOS2. The molecule has 2 nitrogen and oxygen atoms in total. The van der Waals surface area contributed by atoms with Crippen molar-refractivity contribution in [3.8, 4) is 0 Å². The van der Waals surface area contributed by atoms with Crippen LogP contribution >= 0.6 is 24.0 Å². The number of rotatable bonds is 3. The predicted molar refractivity (Wildman–Crippen MR) is 73.9 cm³/mol. The van der Waals surface area contributed by atoms with Crippen LogP contribution in [0.15, 0.2) is 40.6 Å². The lowest BCUT2D eigenvalue weighted by molar-refractivity contribution is 0.0940. The van der Waals surface area contributed by atoms with Crippen LogP contribution in [-0.4, -0.2) is 5.91 Å². The van der Waals surface area contributed by atoms with E-state index in [1.54, 1.807) is 11.3 Å². The summed E-state index contributed by atoms with van der Waals surface area (Å²) in [7, 11) is 0. The topological polar surface area (TPSA) is 29.1 Å². The third kappa shape index (κ3) is 2.91. The molecule has 1 aromatic carbocycles. The van der Waals surface area contributed by atoms with Gasteiger partial charge in [-0.25, -0.2) is 4.39 Å². The van der Waals surface area contributed by atoms with Crippen molar-refractivity contribution >= 4 is 29.9 Å². The van der Waals surface area contributed by atoms with Crippen LogP contribution in [0.5, 0.6) is 0 Å². The summed E-state index contributed by atoms with van der Waals surface area (Å²) in [6, 6.07) is 7.95. The minimum atomic E-state index is -0.429. The Hall–Kier alpha value is -1.33. The van der Waals surface area contributed by atoms with Crippen molar-refractivity contribution in [1.29, 1.82) is 0 Å². The highest BCUT2D eigenvalue weighted by Gasteiger charge is 2.13. The third-order valence-electron chi connectivity index (χ3n) is 2.53. The van der Waals surface area contributed by atoms with Gasteiger partial charge < -0.3 is 5.32 Å². The molecule has 0 aliphatic heterocycles. The summed E-state index contributed by atoms with van der Waals surface area (Å²) in [5, 5.41) is 4.82. The van der Waals surface area contributed by atoms with Crippen molar-refractivity contribution in [2.45, 2.75) is 17.9 Å². The number of hydrogen-bond donors (Lipinski definition) is 2. The second-order valence-electron chi connectivity index (χ2n) is 3.88. The molecule has 0 saturated heterocycles. The lowest BCUT2D eigenvalue weighted by Crippen LogP contribution is -2.26. The van der Waals surface area contributed by atoms with Crippen LogP contribution in [0.4, 0.5) is 4.39 Å². The first-order chi connectivity index (χ1) is 8.58. The number of thiophene rings is 1. The average Bonchev–Trinajstić information content (AvgIpc) is 2.86. The summed E-state index contributed by atoms with van der Waals surface area (Å²) in [4.78, 5) is 13.2. The zero-order valence-electron chi connectivity index (χ0n) is 9.68. The van der Waals surface area contributed by atoms with Gasteiger partial charge in [0.15, 0.2) is 0 Å². The molecule has 0 bridgehead atoms. The number of nitrogens with one attached hydrogen (secondary N) is 1. The van der Waals surface area contributed by atoms with Gasteiger partial charge in [-0.3, -0.25) is 4.79 Å². The molecule has 1 atom stereocenters. The summed E-state index contributed by atoms with van der Waals surface area (Å²) in [5.41, 5.74) is 0.407. The number of hydrogen-bond acceptors (Lipinski definition) is 3. The molecule has 1 unspecified atom stereocenters. The second kappa shape index (κ2) is 5.54. The molecule has 5 heteroatoms. The molecule has 1 amide bonds. The van der Waals surface area contributed by atoms with Crippen molar-refractivity contribution in [2.24, 2.45) is 0 Å². The van der Waals surface area contributed by atoms with E-state index in [1.807, 2.05) is 24.4 Å². The summed E-state index contributed by atoms with van der Waals surface area (Å²) >= 11 is 5.54. The zero-order chi connectivity index (χ0) is 13.1. The van der Waals surface area contributed by atoms with Crippen LogP contribution in [0, 0.1) is 5.82 Å². The quantitative estimate of drug-likeness (QED) is 0.826. The molecule has 0 fully saturated rings. The Morgan fingerprint density at radius 3 is 2.83 bits per heavy atom. The summed E-state index contributed by atoms with van der Waals surface area (Å²) < 4.78 is 13.0. The van der Waals surface area contributed by atoms with E-state index in [0.717, 1.165) is 4.88 Å². The van der Waals surface area contributed by atoms with Gasteiger partial charge >= 0.3 is 0 Å². The largest absolute Gasteiger partial charge is 0.345 e. The molecule has 94 valence electrons. The highest BCUT2D eigenvalue weighted by molar-refractivity contribution is 7.80. The maximum absolute atomic E-state index is 13.0. The normalized spacial score (nSPS) is 12.2. The van der Waals surface area contributed by atoms with Crippen molar-refractivity contribution < 1.29 is 9.18 Å². The molecule has 0 spiro atoms. The summed E-state index contributed by atoms with van der Waals surface area (Å²) in [5.74, 6) is -0.660. The molecule has 2 aromatic rings. The molecule has 0 radical (unpaired) electrons. The Morgan fingerprint density at radius 1 is 1.44 bits per heavy atom. The van der Waals surface area contributed by atoms with Crippen LogP contribution in [0.2, 0.25) is 0 Å². The van der Waals surface area contributed by atoms with Gasteiger partial charge in [-0.1, -0.05) is 6.07 Å². The van der Waals surface area contributed by atoms with Crippen LogP contribution in [-0.2, 0) is 0 Å². The number of benzene rings is 1. The molecule has 1 N–H and O–H groups in total. The van der Waals surface area contributed by atoms with Crippen molar-refractivity contribution in [3.63, 3.8) is 0 Å². The van der Waals surface area contributed by atoms with Crippen LogP contribution < -0.4 is 5.32 Å². The molecule has 18 heavy (non-hydrogen) atoms. The molecule has 0 aliphatic rings. The number of carbonyl (C=O) groups is 1. The molecule has 1 heterocycles. The van der Waals surface area contributed by atoms with E-state index in [9.17, 15) is 9.18 Å². The van der Waals surface area contributed by atoms with E-state index < -0.39 is 5.82 Å². The van der Waals surface area contributed by atoms with Gasteiger partial charge in [0.2, 0.25) is 0 Å². The van der Waals surface area contributed by atoms with Gasteiger partial charge in [0, 0.05) is 15.3 Å². The Kier molecular flexibility index (Phi) is 4.04. The molecular weight excluding hydrogens is 269 g/mol. The average molecular weight is 281 g/mol. The number of carbonyl (C=O) groups excluding carboxylic acids is 1. The van der Waals surface area contributed by atoms with Gasteiger partial charge in [0.05, 0.1) is 6.04 Å². The predicted octanol–water partition coefficient (Wildman–Crippen LogP) is 3.67. The third-order valence-corrected chi connectivity index (χ3v) is 3.92. The van der Waals surface area contributed by atoms with Gasteiger partial charge in [-0.15, -0.1) is 24.0 Å². The van der Waals surface area contributed by atoms with Gasteiger partial charge in [-0.2, -0.15) is 0 Å². The summed E-state index contributed by atoms with van der Waals surface area (Å²) in [6.07, 6.45) is 0. The highest BCUT2D eigenvalue weighted by atomic mass is 32.1. The van der Waals surface area contributed by atoms with E-state index in [2.05, 4.69) is 17.9 Å². The number of amides is 1. The fraction of sp³-hybridized carbons (Fsp3) is 0.154. The van der Waals surface area contributed by atoms with E-state index in [4.69, 9.17) is 0 Å². The fourth-order valence-electron chi connectivity index (χ4n) is 1.54. The molecule has 1 aromatic heterocycles. The first-order valence-corrected chi connectivity index (χ1v) is 6.73. The summed E-state index contributed by atoms with van der Waals surface area (Å²) in [6.45, 7) is 1.91. The lowest BCUT2D eigenvalue weighted by atomic mass is 10.2. The van der Waals surface area contributed by atoms with Crippen molar-refractivity contribution in [1.82, 2.24) is 5.32 Å². The van der Waals surface area contributed by atoms with E-state index in [1.165, 1.54) is 18.2 Å². The zero-order valence-corrected chi connectivity index (χ0v) is 11.4. The minimum absolute atomic E-state index is 0.0640. The SMILES string of the molecule is CC(NC(=O)c1ccc(F)c(S)c1)c1cccs1. The first-order valence-electron chi connectivity index (χ1n) is 5.40. The Morgan fingerprint density at radius 2 is 2.22 bits per heavy atom. The minimum Gasteiger partial charge on any atom is -0.345 e. The Balaban J connectivity index is 2.10. The first kappa shape index (κ1) is 13.1. The fourth-order valence-corrected chi connectivity index (χ4v) is 2.49. The van der Waals surface area contributed by atoms with Gasteiger partial charge in [-0.05, 0) is 36.6 Å². The van der Waals surface area contributed by atoms with Crippen molar-refractivity contribution in [3.05, 3.63) is 52.0 Å².